The van der Waals surface area contributed by atoms with Crippen LogP contribution in [0.1, 0.15) is 44.7 Å². The van der Waals surface area contributed by atoms with E-state index >= 15 is 0 Å². The number of carbonyl (C=O) groups excluding carboxylic acids is 3. The van der Waals surface area contributed by atoms with Crippen molar-refractivity contribution >= 4 is 23.6 Å². The lowest BCUT2D eigenvalue weighted by Crippen LogP contribution is -2.52. The molecule has 1 atom stereocenters. The van der Waals surface area contributed by atoms with Gasteiger partial charge in [0.1, 0.15) is 23.4 Å². The fourth-order valence-electron chi connectivity index (χ4n) is 4.39. The van der Waals surface area contributed by atoms with Gasteiger partial charge in [0.15, 0.2) is 0 Å². The lowest BCUT2D eigenvalue weighted by molar-refractivity contribution is -0.138. The first kappa shape index (κ1) is 20.5. The first-order chi connectivity index (χ1) is 14.1. The average Bonchev–Trinajstić information content (AvgIpc) is 3.02. The van der Waals surface area contributed by atoms with Crippen LogP contribution in [-0.4, -0.2) is 61.2 Å². The van der Waals surface area contributed by atoms with Crippen LogP contribution in [-0.2, 0) is 19.7 Å². The lowest BCUT2D eigenvalue weighted by atomic mass is 9.75. The minimum atomic E-state index is -0.776. The molecule has 2 fully saturated rings. The number of ether oxygens (including phenoxy) is 2. The Kier molecular flexibility index (Phi) is 4.91. The van der Waals surface area contributed by atoms with Crippen molar-refractivity contribution in [1.29, 1.82) is 0 Å². The van der Waals surface area contributed by atoms with E-state index in [1.54, 1.807) is 4.90 Å². The summed E-state index contributed by atoms with van der Waals surface area (Å²) in [6.45, 7) is 10.4. The Labute approximate surface area is 176 Å². The van der Waals surface area contributed by atoms with E-state index in [9.17, 15) is 14.4 Å². The Morgan fingerprint density at radius 3 is 2.50 bits per heavy atom. The topological polar surface area (TPSA) is 88.2 Å². The van der Waals surface area contributed by atoms with Crippen molar-refractivity contribution in [3.63, 3.8) is 0 Å². The van der Waals surface area contributed by atoms with E-state index in [-0.39, 0.29) is 24.5 Å². The summed E-state index contributed by atoms with van der Waals surface area (Å²) in [5.41, 5.74) is 1.67. The lowest BCUT2D eigenvalue weighted by Gasteiger charge is -2.37. The monoisotopic (exact) mass is 415 g/mol. The van der Waals surface area contributed by atoms with Crippen LogP contribution in [0, 0.1) is 6.92 Å². The number of hydrogen-bond acceptors (Lipinski definition) is 6. The van der Waals surface area contributed by atoms with E-state index in [1.165, 1.54) is 0 Å². The molecule has 0 radical (unpaired) electrons. The van der Waals surface area contributed by atoms with E-state index in [2.05, 4.69) is 10.2 Å². The molecule has 1 aromatic rings. The molecule has 0 bridgehead atoms. The Bertz CT molecular complexity index is 899. The Hall–Kier alpha value is -2.77. The van der Waals surface area contributed by atoms with E-state index in [4.69, 9.17) is 9.47 Å². The number of rotatable bonds is 1. The number of nitrogens with one attached hydrogen (secondary N) is 1. The summed E-state index contributed by atoms with van der Waals surface area (Å²) in [5, 5.41) is 2.46. The zero-order valence-electron chi connectivity index (χ0n) is 18.0. The van der Waals surface area contributed by atoms with Gasteiger partial charge in [0.2, 0.25) is 11.8 Å². The minimum Gasteiger partial charge on any atom is -0.492 e. The normalized spacial score (nSPS) is 23.9. The molecular formula is C22H29N3O5. The maximum absolute atomic E-state index is 12.6. The SMILES string of the molecule is Cc1cc2c(cc1N1CCN(C(=O)OC(C)(C)C)CC1)OCC21CCC(=O)NC1=O. The smallest absolute Gasteiger partial charge is 0.410 e. The molecular weight excluding hydrogens is 386 g/mol. The molecule has 1 aromatic carbocycles. The predicted octanol–water partition coefficient (Wildman–Crippen LogP) is 2.12. The molecule has 3 aliphatic rings. The highest BCUT2D eigenvalue weighted by molar-refractivity contribution is 6.04. The molecule has 1 unspecified atom stereocenters. The summed E-state index contributed by atoms with van der Waals surface area (Å²) < 4.78 is 11.4. The molecule has 30 heavy (non-hydrogen) atoms. The molecule has 4 rings (SSSR count). The van der Waals surface area contributed by atoms with Gasteiger partial charge in [-0.2, -0.15) is 0 Å². The number of piperidine rings is 1. The Morgan fingerprint density at radius 2 is 1.87 bits per heavy atom. The number of amides is 3. The summed E-state index contributed by atoms with van der Waals surface area (Å²) in [6.07, 6.45) is 0.510. The van der Waals surface area contributed by atoms with E-state index in [0.29, 0.717) is 44.8 Å². The maximum Gasteiger partial charge on any atom is 0.410 e. The van der Waals surface area contributed by atoms with Crippen molar-refractivity contribution in [2.24, 2.45) is 0 Å². The highest BCUT2D eigenvalue weighted by atomic mass is 16.6. The zero-order chi connectivity index (χ0) is 21.7. The second-order valence-electron chi connectivity index (χ2n) is 9.34. The van der Waals surface area contributed by atoms with Crippen LogP contribution in [0.15, 0.2) is 12.1 Å². The van der Waals surface area contributed by atoms with Gasteiger partial charge in [-0.05, 0) is 45.7 Å². The van der Waals surface area contributed by atoms with Crippen molar-refractivity contribution in [1.82, 2.24) is 10.2 Å². The third-order valence-electron chi connectivity index (χ3n) is 6.03. The van der Waals surface area contributed by atoms with E-state index < -0.39 is 11.0 Å². The summed E-state index contributed by atoms with van der Waals surface area (Å²) in [4.78, 5) is 40.5. The Balaban J connectivity index is 1.50. The van der Waals surface area contributed by atoms with Crippen LogP contribution < -0.4 is 15.0 Å². The van der Waals surface area contributed by atoms with Crippen LogP contribution in [0.3, 0.4) is 0 Å². The molecule has 1 N–H and O–H groups in total. The van der Waals surface area contributed by atoms with E-state index in [1.807, 2.05) is 39.8 Å². The molecule has 8 heteroatoms. The van der Waals surface area contributed by atoms with Gasteiger partial charge in [-0.3, -0.25) is 14.9 Å². The van der Waals surface area contributed by atoms with E-state index in [0.717, 1.165) is 16.8 Å². The summed E-state index contributed by atoms with van der Waals surface area (Å²) >= 11 is 0. The van der Waals surface area contributed by atoms with Crippen LogP contribution in [0.2, 0.25) is 0 Å². The van der Waals surface area contributed by atoms with Crippen LogP contribution >= 0.6 is 0 Å². The number of piperazine rings is 1. The molecule has 3 heterocycles. The first-order valence-electron chi connectivity index (χ1n) is 10.4. The van der Waals surface area contributed by atoms with Crippen LogP contribution in [0.25, 0.3) is 0 Å². The first-order valence-corrected chi connectivity index (χ1v) is 10.4. The number of hydrogen-bond donors (Lipinski definition) is 1. The van der Waals surface area contributed by atoms with Crippen LogP contribution in [0.4, 0.5) is 10.5 Å². The highest BCUT2D eigenvalue weighted by Crippen LogP contribution is 2.46. The minimum absolute atomic E-state index is 0.227. The van der Waals surface area contributed by atoms with Gasteiger partial charge in [0.05, 0.1) is 0 Å². The molecule has 162 valence electrons. The highest BCUT2D eigenvalue weighted by Gasteiger charge is 2.50. The number of benzene rings is 1. The molecule has 8 nitrogen and oxygen atoms in total. The molecule has 3 amide bonds. The second-order valence-corrected chi connectivity index (χ2v) is 9.34. The molecule has 1 spiro atoms. The molecule has 3 aliphatic heterocycles. The third kappa shape index (κ3) is 3.59. The summed E-state index contributed by atoms with van der Waals surface area (Å²) in [7, 11) is 0. The fourth-order valence-corrected chi connectivity index (χ4v) is 4.39. The Morgan fingerprint density at radius 1 is 1.17 bits per heavy atom. The third-order valence-corrected chi connectivity index (χ3v) is 6.03. The van der Waals surface area contributed by atoms with Gasteiger partial charge in [0, 0.05) is 49.9 Å². The molecule has 0 aliphatic carbocycles. The van der Waals surface area contributed by atoms with Crippen molar-refractivity contribution in [3.05, 3.63) is 23.3 Å². The molecule has 0 aromatic heterocycles. The van der Waals surface area contributed by atoms with Crippen molar-refractivity contribution in [2.75, 3.05) is 37.7 Å². The number of nitrogens with zero attached hydrogens (tertiary/aromatic N) is 2. The summed E-state index contributed by atoms with van der Waals surface area (Å²) in [5.74, 6) is 0.209. The van der Waals surface area contributed by atoms with Gasteiger partial charge in [-0.1, -0.05) is 0 Å². The number of fused-ring (bicyclic) bond motifs is 2. The van der Waals surface area contributed by atoms with Crippen LogP contribution in [0.5, 0.6) is 5.75 Å². The fraction of sp³-hybridized carbons (Fsp3) is 0.591. The second kappa shape index (κ2) is 7.18. The van der Waals surface area contributed by atoms with Gasteiger partial charge in [-0.25, -0.2) is 4.79 Å². The van der Waals surface area contributed by atoms with Gasteiger partial charge < -0.3 is 19.3 Å². The van der Waals surface area contributed by atoms with Crippen molar-refractivity contribution < 1.29 is 23.9 Å². The summed E-state index contributed by atoms with van der Waals surface area (Å²) in [6, 6.07) is 4.01. The largest absolute Gasteiger partial charge is 0.492 e. The number of anilines is 1. The van der Waals surface area contributed by atoms with Gasteiger partial charge >= 0.3 is 6.09 Å². The predicted molar refractivity (Wildman–Crippen MR) is 111 cm³/mol. The standard InChI is InChI=1S/C22H29N3O5/c1-14-11-15-17(29-13-22(15)6-5-18(26)23-19(22)27)12-16(14)24-7-9-25(10-8-24)20(28)30-21(2,3)4/h11-12H,5-10,13H2,1-4H3,(H,23,26,27). The average molecular weight is 415 g/mol. The zero-order valence-corrected chi connectivity index (χ0v) is 18.0. The molecule has 2 saturated heterocycles. The van der Waals surface area contributed by atoms with Crippen molar-refractivity contribution in [2.45, 2.75) is 51.6 Å². The number of carbonyl (C=O) groups is 3. The molecule has 0 saturated carbocycles. The van der Waals surface area contributed by atoms with Gasteiger partial charge in [-0.15, -0.1) is 0 Å². The number of imide groups is 1. The maximum atomic E-state index is 12.6. The van der Waals surface area contributed by atoms with Crippen molar-refractivity contribution in [3.8, 4) is 5.75 Å². The number of aryl methyl sites for hydroxylation is 1. The van der Waals surface area contributed by atoms with Gasteiger partial charge in [0.25, 0.3) is 0 Å². The quantitative estimate of drug-likeness (QED) is 0.707.